The molecule has 0 amide bonds. The largest absolute Gasteiger partial charge is 0.481 e. The van der Waals surface area contributed by atoms with Crippen molar-refractivity contribution in [3.8, 4) is 11.8 Å². The molecule has 0 aliphatic rings. The van der Waals surface area contributed by atoms with Crippen molar-refractivity contribution in [2.24, 2.45) is 0 Å². The first-order valence-corrected chi connectivity index (χ1v) is 6.36. The summed E-state index contributed by atoms with van der Waals surface area (Å²) in [7, 11) is 3.19. The lowest BCUT2D eigenvalue weighted by Crippen LogP contribution is -2.33. The lowest BCUT2D eigenvalue weighted by Gasteiger charge is -2.22. The summed E-state index contributed by atoms with van der Waals surface area (Å²) in [6.07, 6.45) is 1.03. The maximum Gasteiger partial charge on any atom is 0.220 e. The van der Waals surface area contributed by atoms with Crippen molar-refractivity contribution in [1.82, 2.24) is 15.3 Å². The highest BCUT2D eigenvalue weighted by Crippen LogP contribution is 2.23. The van der Waals surface area contributed by atoms with E-state index in [1.165, 1.54) is 0 Å². The summed E-state index contributed by atoms with van der Waals surface area (Å²) < 4.78 is 10.3. The molecular formula is C13H23N3O2. The van der Waals surface area contributed by atoms with E-state index in [2.05, 4.69) is 36.1 Å². The number of rotatable bonds is 7. The van der Waals surface area contributed by atoms with Crippen molar-refractivity contribution in [1.29, 1.82) is 0 Å². The van der Waals surface area contributed by atoms with Crippen LogP contribution in [0.5, 0.6) is 11.8 Å². The van der Waals surface area contributed by atoms with E-state index in [0.717, 1.165) is 18.8 Å². The predicted octanol–water partition coefficient (Wildman–Crippen LogP) is 1.99. The fourth-order valence-corrected chi connectivity index (χ4v) is 1.95. The van der Waals surface area contributed by atoms with Gasteiger partial charge >= 0.3 is 0 Å². The zero-order chi connectivity index (χ0) is 13.5. The van der Waals surface area contributed by atoms with E-state index in [-0.39, 0.29) is 5.92 Å². The first-order valence-electron chi connectivity index (χ1n) is 6.36. The Morgan fingerprint density at radius 1 is 1.17 bits per heavy atom. The van der Waals surface area contributed by atoms with Gasteiger partial charge in [0.25, 0.3) is 0 Å². The molecule has 0 bridgehead atoms. The second kappa shape index (κ2) is 7.16. The zero-order valence-corrected chi connectivity index (χ0v) is 11.9. The number of methoxy groups -OCH3 is 2. The van der Waals surface area contributed by atoms with Crippen LogP contribution in [0.1, 0.15) is 38.9 Å². The molecular weight excluding hydrogens is 230 g/mol. The molecule has 1 aromatic rings. The monoisotopic (exact) mass is 253 g/mol. The van der Waals surface area contributed by atoms with Crippen LogP contribution in [-0.2, 0) is 0 Å². The van der Waals surface area contributed by atoms with Crippen molar-refractivity contribution in [3.05, 3.63) is 11.9 Å². The number of nitrogens with one attached hydrogen (secondary N) is 1. The van der Waals surface area contributed by atoms with Crippen LogP contribution >= 0.6 is 0 Å². The lowest BCUT2D eigenvalue weighted by atomic mass is 9.98. The molecule has 102 valence electrons. The van der Waals surface area contributed by atoms with Gasteiger partial charge in [-0.2, -0.15) is 9.97 Å². The van der Waals surface area contributed by atoms with Gasteiger partial charge in [-0.15, -0.1) is 0 Å². The van der Waals surface area contributed by atoms with Crippen molar-refractivity contribution >= 4 is 0 Å². The van der Waals surface area contributed by atoms with E-state index in [4.69, 9.17) is 9.47 Å². The van der Waals surface area contributed by atoms with E-state index in [1.807, 2.05) is 0 Å². The van der Waals surface area contributed by atoms with Gasteiger partial charge in [0, 0.05) is 12.0 Å². The van der Waals surface area contributed by atoms with E-state index < -0.39 is 0 Å². The highest BCUT2D eigenvalue weighted by Gasteiger charge is 2.20. The number of ether oxygens (including phenoxy) is 2. The van der Waals surface area contributed by atoms with Crippen LogP contribution in [0.4, 0.5) is 0 Å². The Kier molecular flexibility index (Phi) is 5.85. The Hall–Kier alpha value is -1.36. The average molecular weight is 253 g/mol. The second-order valence-corrected chi connectivity index (χ2v) is 4.17. The molecule has 0 fully saturated rings. The number of hydrogen-bond acceptors (Lipinski definition) is 5. The molecule has 0 aliphatic carbocycles. The topological polar surface area (TPSA) is 56.3 Å². The summed E-state index contributed by atoms with van der Waals surface area (Å²) in [5.41, 5.74) is 0. The van der Waals surface area contributed by atoms with Crippen LogP contribution in [-0.4, -0.2) is 36.8 Å². The molecule has 2 unspecified atom stereocenters. The molecule has 1 N–H and O–H groups in total. The second-order valence-electron chi connectivity index (χ2n) is 4.17. The summed E-state index contributed by atoms with van der Waals surface area (Å²) >= 11 is 0. The van der Waals surface area contributed by atoms with Crippen LogP contribution in [0, 0.1) is 0 Å². The Labute approximate surface area is 109 Å². The smallest absolute Gasteiger partial charge is 0.220 e. The van der Waals surface area contributed by atoms with Crippen molar-refractivity contribution in [2.75, 3.05) is 20.8 Å². The molecule has 18 heavy (non-hydrogen) atoms. The van der Waals surface area contributed by atoms with Crippen LogP contribution in [0.2, 0.25) is 0 Å². The summed E-state index contributed by atoms with van der Waals surface area (Å²) in [5, 5.41) is 3.44. The standard InChI is InChI=1S/C13H23N3O2/c1-6-10(14-7-2)9(3)13-15-11(17-4)8-12(16-13)18-5/h8-10,14H,6-7H2,1-5H3. The van der Waals surface area contributed by atoms with Crippen molar-refractivity contribution in [3.63, 3.8) is 0 Å². The number of hydrogen-bond donors (Lipinski definition) is 1. The Morgan fingerprint density at radius 3 is 2.11 bits per heavy atom. The van der Waals surface area contributed by atoms with Gasteiger partial charge < -0.3 is 14.8 Å². The summed E-state index contributed by atoms with van der Waals surface area (Å²) in [5.74, 6) is 2.03. The predicted molar refractivity (Wildman–Crippen MR) is 71.3 cm³/mol. The van der Waals surface area contributed by atoms with Gasteiger partial charge in [-0.3, -0.25) is 0 Å². The van der Waals surface area contributed by atoms with E-state index >= 15 is 0 Å². The van der Waals surface area contributed by atoms with Crippen molar-refractivity contribution in [2.45, 2.75) is 39.2 Å². The molecule has 5 heteroatoms. The van der Waals surface area contributed by atoms with Gasteiger partial charge in [-0.25, -0.2) is 0 Å². The summed E-state index contributed by atoms with van der Waals surface area (Å²) in [4.78, 5) is 8.80. The van der Waals surface area contributed by atoms with Gasteiger partial charge in [0.05, 0.1) is 20.3 Å². The van der Waals surface area contributed by atoms with Gasteiger partial charge in [0.2, 0.25) is 11.8 Å². The minimum absolute atomic E-state index is 0.207. The van der Waals surface area contributed by atoms with Gasteiger partial charge in [0.15, 0.2) is 0 Å². The summed E-state index contributed by atoms with van der Waals surface area (Å²) in [6.45, 7) is 7.30. The van der Waals surface area contributed by atoms with Gasteiger partial charge in [0.1, 0.15) is 5.82 Å². The highest BCUT2D eigenvalue weighted by atomic mass is 16.5. The maximum absolute atomic E-state index is 5.17. The normalized spacial score (nSPS) is 14.1. The molecule has 1 aromatic heterocycles. The van der Waals surface area contributed by atoms with Crippen molar-refractivity contribution < 1.29 is 9.47 Å². The molecule has 5 nitrogen and oxygen atoms in total. The van der Waals surface area contributed by atoms with E-state index in [1.54, 1.807) is 20.3 Å². The molecule has 0 radical (unpaired) electrons. The Morgan fingerprint density at radius 2 is 1.72 bits per heavy atom. The molecule has 0 saturated carbocycles. The highest BCUT2D eigenvalue weighted by molar-refractivity contribution is 5.22. The number of likely N-dealkylation sites (N-methyl/N-ethyl adjacent to an activating group) is 1. The third kappa shape index (κ3) is 3.57. The minimum Gasteiger partial charge on any atom is -0.481 e. The van der Waals surface area contributed by atoms with Crippen LogP contribution in [0.15, 0.2) is 6.07 Å². The Balaban J connectivity index is 2.98. The van der Waals surface area contributed by atoms with Gasteiger partial charge in [-0.05, 0) is 13.0 Å². The van der Waals surface area contributed by atoms with E-state index in [9.17, 15) is 0 Å². The first kappa shape index (κ1) is 14.7. The molecule has 1 heterocycles. The van der Waals surface area contributed by atoms with Gasteiger partial charge in [-0.1, -0.05) is 20.8 Å². The molecule has 0 aromatic carbocycles. The molecule has 0 saturated heterocycles. The third-order valence-electron chi connectivity index (χ3n) is 3.03. The molecule has 0 spiro atoms. The maximum atomic E-state index is 5.17. The Bertz CT molecular complexity index is 349. The minimum atomic E-state index is 0.207. The SMILES string of the molecule is CCNC(CC)C(C)c1nc(OC)cc(OC)n1. The fourth-order valence-electron chi connectivity index (χ4n) is 1.95. The summed E-state index contributed by atoms with van der Waals surface area (Å²) in [6, 6.07) is 2.04. The van der Waals surface area contributed by atoms with Crippen LogP contribution in [0.3, 0.4) is 0 Å². The lowest BCUT2D eigenvalue weighted by molar-refractivity contribution is 0.358. The molecule has 2 atom stereocenters. The fraction of sp³-hybridized carbons (Fsp3) is 0.692. The quantitative estimate of drug-likeness (QED) is 0.805. The number of aromatic nitrogens is 2. The van der Waals surface area contributed by atoms with Crippen LogP contribution in [0.25, 0.3) is 0 Å². The van der Waals surface area contributed by atoms with Crippen LogP contribution < -0.4 is 14.8 Å². The average Bonchev–Trinajstić information content (AvgIpc) is 2.43. The third-order valence-corrected chi connectivity index (χ3v) is 3.03. The molecule has 0 aliphatic heterocycles. The number of nitrogens with zero attached hydrogens (tertiary/aromatic N) is 2. The van der Waals surface area contributed by atoms with E-state index in [0.29, 0.717) is 17.8 Å². The zero-order valence-electron chi connectivity index (χ0n) is 11.9. The molecule has 1 rings (SSSR count). The first-order chi connectivity index (χ1) is 8.65.